The molecule has 1 aliphatic heterocycles. The summed E-state index contributed by atoms with van der Waals surface area (Å²) in [4.78, 5) is 36.3. The number of alkyl halides is 3. The third-order valence-electron chi connectivity index (χ3n) is 6.55. The molecule has 1 fully saturated rings. The average Bonchev–Trinajstić information content (AvgIpc) is 3.35. The molecule has 1 amide bonds. The summed E-state index contributed by atoms with van der Waals surface area (Å²) in [5.41, 5.74) is 1.95. The number of benzene rings is 2. The van der Waals surface area contributed by atoms with Crippen LogP contribution in [-0.2, 0) is 22.6 Å². The van der Waals surface area contributed by atoms with E-state index in [2.05, 4.69) is 10.2 Å². The van der Waals surface area contributed by atoms with Gasteiger partial charge in [0.25, 0.3) is 5.56 Å². The zero-order valence-electron chi connectivity index (χ0n) is 22.1. The second kappa shape index (κ2) is 14.3. The van der Waals surface area contributed by atoms with E-state index in [-0.39, 0.29) is 17.5 Å². The number of amides is 1. The molecule has 1 aromatic heterocycles. The lowest BCUT2D eigenvalue weighted by atomic mass is 10.0. The fraction of sp³-hybridized carbons (Fsp3) is 0.429. The van der Waals surface area contributed by atoms with Crippen LogP contribution in [0.15, 0.2) is 53.3 Å². The lowest BCUT2D eigenvalue weighted by Gasteiger charge is -2.25. The van der Waals surface area contributed by atoms with Gasteiger partial charge in [0.05, 0.1) is 17.6 Å². The smallest absolute Gasteiger partial charge is 0.475 e. The van der Waals surface area contributed by atoms with Gasteiger partial charge in [-0.2, -0.15) is 18.3 Å². The second-order valence-electron chi connectivity index (χ2n) is 9.52. The average molecular weight is 581 g/mol. The number of aliphatic carboxylic acids is 1. The van der Waals surface area contributed by atoms with Crippen molar-refractivity contribution in [2.24, 2.45) is 0 Å². The Morgan fingerprint density at radius 2 is 1.77 bits per heavy atom. The molecule has 2 heterocycles. The number of carbonyl (C=O) groups excluding carboxylic acids is 1. The molecule has 1 atom stereocenters. The van der Waals surface area contributed by atoms with Crippen molar-refractivity contribution in [1.29, 1.82) is 0 Å². The van der Waals surface area contributed by atoms with Gasteiger partial charge in [-0.1, -0.05) is 48.9 Å². The van der Waals surface area contributed by atoms with Crippen LogP contribution in [0.5, 0.6) is 0 Å². The van der Waals surface area contributed by atoms with Gasteiger partial charge in [-0.05, 0) is 49.6 Å². The van der Waals surface area contributed by atoms with Gasteiger partial charge in [0.2, 0.25) is 5.91 Å². The quantitative estimate of drug-likeness (QED) is 0.382. The SMILES string of the molecule is CCCC(=O)NCCN1CCC[C@@H]1Cn1nc(Cc2ccc(Cl)cc2)c2ccccc2c1=O.O=C(O)C(F)(F)F. The third kappa shape index (κ3) is 8.79. The standard InChI is InChI=1S/C26H31ClN4O2.C2HF3O2/c1-2-6-25(32)28-14-16-30-15-5-7-21(30)18-31-26(33)23-9-4-3-8-22(23)24(29-31)17-19-10-12-20(27)13-11-19;3-2(4,5)1(6)7/h3-4,8-13,21H,2,5-7,14-18H2,1H3,(H,28,32);(H,6,7)/t21-;/m1./s1. The van der Waals surface area contributed by atoms with E-state index in [4.69, 9.17) is 26.6 Å². The zero-order chi connectivity index (χ0) is 29.3. The highest BCUT2D eigenvalue weighted by molar-refractivity contribution is 6.30. The molecule has 8 nitrogen and oxygen atoms in total. The monoisotopic (exact) mass is 580 g/mol. The highest BCUT2D eigenvalue weighted by atomic mass is 35.5. The Morgan fingerprint density at radius 3 is 2.40 bits per heavy atom. The number of nitrogens with zero attached hydrogens (tertiary/aromatic N) is 3. The Bertz CT molecular complexity index is 1360. The van der Waals surface area contributed by atoms with Crippen molar-refractivity contribution >= 4 is 34.2 Å². The van der Waals surface area contributed by atoms with Crippen LogP contribution in [0, 0.1) is 0 Å². The molecule has 216 valence electrons. The number of carboxylic acid groups (broad SMARTS) is 1. The summed E-state index contributed by atoms with van der Waals surface area (Å²) in [5.74, 6) is -2.65. The molecule has 40 heavy (non-hydrogen) atoms. The van der Waals surface area contributed by atoms with Crippen LogP contribution in [0.25, 0.3) is 10.8 Å². The number of halogens is 4. The summed E-state index contributed by atoms with van der Waals surface area (Å²) < 4.78 is 33.4. The van der Waals surface area contributed by atoms with Crippen molar-refractivity contribution in [2.45, 2.75) is 57.8 Å². The van der Waals surface area contributed by atoms with Crippen molar-refractivity contribution in [3.05, 3.63) is 75.2 Å². The van der Waals surface area contributed by atoms with Crippen molar-refractivity contribution in [3.63, 3.8) is 0 Å². The van der Waals surface area contributed by atoms with Crippen LogP contribution in [0.3, 0.4) is 0 Å². The van der Waals surface area contributed by atoms with Gasteiger partial charge in [-0.25, -0.2) is 9.48 Å². The first-order valence-electron chi connectivity index (χ1n) is 13.0. The molecule has 0 unspecified atom stereocenters. The number of hydrogen-bond acceptors (Lipinski definition) is 5. The Labute approximate surface area is 234 Å². The van der Waals surface area contributed by atoms with Gasteiger partial charge >= 0.3 is 12.1 Å². The van der Waals surface area contributed by atoms with Crippen LogP contribution in [0.1, 0.15) is 43.9 Å². The number of aromatic nitrogens is 2. The lowest BCUT2D eigenvalue weighted by Crippen LogP contribution is -2.41. The van der Waals surface area contributed by atoms with E-state index in [1.54, 1.807) is 4.68 Å². The van der Waals surface area contributed by atoms with Gasteiger partial charge in [0, 0.05) is 42.4 Å². The minimum absolute atomic E-state index is 0.0476. The predicted molar refractivity (Wildman–Crippen MR) is 146 cm³/mol. The lowest BCUT2D eigenvalue weighted by molar-refractivity contribution is -0.192. The summed E-state index contributed by atoms with van der Waals surface area (Å²) in [5, 5.41) is 17.2. The Hall–Kier alpha value is -3.44. The number of nitrogens with one attached hydrogen (secondary N) is 1. The molecular formula is C28H32ClF3N4O4. The van der Waals surface area contributed by atoms with E-state index in [0.29, 0.717) is 36.3 Å². The summed E-state index contributed by atoms with van der Waals surface area (Å²) >= 11 is 6.04. The molecular weight excluding hydrogens is 549 g/mol. The minimum atomic E-state index is -5.08. The first-order valence-corrected chi connectivity index (χ1v) is 13.4. The topological polar surface area (TPSA) is 105 Å². The maximum atomic E-state index is 13.3. The van der Waals surface area contributed by atoms with E-state index in [0.717, 1.165) is 49.0 Å². The summed E-state index contributed by atoms with van der Waals surface area (Å²) in [6.07, 6.45) is -0.914. The first kappa shape index (κ1) is 31.1. The van der Waals surface area contributed by atoms with Crippen molar-refractivity contribution in [2.75, 3.05) is 19.6 Å². The number of carboxylic acids is 1. The molecule has 0 saturated carbocycles. The van der Waals surface area contributed by atoms with Gasteiger partial charge < -0.3 is 10.4 Å². The molecule has 4 rings (SSSR count). The zero-order valence-corrected chi connectivity index (χ0v) is 22.8. The van der Waals surface area contributed by atoms with E-state index in [9.17, 15) is 22.8 Å². The van der Waals surface area contributed by atoms with Crippen LogP contribution < -0.4 is 10.9 Å². The van der Waals surface area contributed by atoms with Gasteiger partial charge in [-0.15, -0.1) is 0 Å². The number of likely N-dealkylation sites (tertiary alicyclic amines) is 1. The van der Waals surface area contributed by atoms with Crippen molar-refractivity contribution in [3.8, 4) is 0 Å². The van der Waals surface area contributed by atoms with Crippen LogP contribution in [-0.4, -0.2) is 63.5 Å². The van der Waals surface area contributed by atoms with Crippen molar-refractivity contribution < 1.29 is 27.9 Å². The van der Waals surface area contributed by atoms with Crippen LogP contribution in [0.2, 0.25) is 5.02 Å². The van der Waals surface area contributed by atoms with E-state index >= 15 is 0 Å². The number of hydrogen-bond donors (Lipinski definition) is 2. The largest absolute Gasteiger partial charge is 0.490 e. The minimum Gasteiger partial charge on any atom is -0.475 e. The maximum absolute atomic E-state index is 13.3. The highest BCUT2D eigenvalue weighted by Crippen LogP contribution is 2.21. The Balaban J connectivity index is 0.000000559. The molecule has 1 saturated heterocycles. The van der Waals surface area contributed by atoms with Gasteiger partial charge in [0.1, 0.15) is 0 Å². The molecule has 12 heteroatoms. The molecule has 3 aromatic rings. The Morgan fingerprint density at radius 1 is 1.12 bits per heavy atom. The molecule has 1 aliphatic rings. The second-order valence-corrected chi connectivity index (χ2v) is 9.95. The molecule has 0 bridgehead atoms. The summed E-state index contributed by atoms with van der Waals surface area (Å²) in [7, 11) is 0. The highest BCUT2D eigenvalue weighted by Gasteiger charge is 2.38. The van der Waals surface area contributed by atoms with E-state index in [1.165, 1.54) is 0 Å². The maximum Gasteiger partial charge on any atom is 0.490 e. The molecule has 0 spiro atoms. The van der Waals surface area contributed by atoms with E-state index in [1.807, 2.05) is 55.5 Å². The Kier molecular flexibility index (Phi) is 11.1. The number of rotatable bonds is 9. The molecule has 2 N–H and O–H groups in total. The number of carbonyl (C=O) groups is 2. The van der Waals surface area contributed by atoms with Gasteiger partial charge in [0.15, 0.2) is 0 Å². The fourth-order valence-electron chi connectivity index (χ4n) is 4.61. The van der Waals surface area contributed by atoms with Crippen molar-refractivity contribution in [1.82, 2.24) is 20.0 Å². The molecule has 0 aliphatic carbocycles. The summed E-state index contributed by atoms with van der Waals surface area (Å²) in [6.45, 7) is 4.97. The number of fused-ring (bicyclic) bond motifs is 1. The molecule has 2 aromatic carbocycles. The predicted octanol–water partition coefficient (Wildman–Crippen LogP) is 4.65. The van der Waals surface area contributed by atoms with E-state index < -0.39 is 12.1 Å². The third-order valence-corrected chi connectivity index (χ3v) is 6.80. The fourth-order valence-corrected chi connectivity index (χ4v) is 4.73. The van der Waals surface area contributed by atoms with Crippen LogP contribution in [0.4, 0.5) is 13.2 Å². The summed E-state index contributed by atoms with van der Waals surface area (Å²) in [6, 6.07) is 15.7. The normalized spacial score (nSPS) is 15.5. The first-order chi connectivity index (χ1) is 19.0. The molecule has 0 radical (unpaired) electrons. The van der Waals surface area contributed by atoms with Gasteiger partial charge in [-0.3, -0.25) is 14.5 Å². The van der Waals surface area contributed by atoms with Crippen LogP contribution >= 0.6 is 11.6 Å².